The van der Waals surface area contributed by atoms with Gasteiger partial charge in [0.2, 0.25) is 5.00 Å². The van der Waals surface area contributed by atoms with E-state index in [1.807, 2.05) is 0 Å². The molecule has 0 fully saturated rings. The lowest BCUT2D eigenvalue weighted by atomic mass is 10.0. The summed E-state index contributed by atoms with van der Waals surface area (Å²) in [6.45, 7) is 4.37. The molecular weight excluding hydrogens is 375 g/mol. The molecule has 5 heteroatoms. The highest BCUT2D eigenvalue weighted by Crippen LogP contribution is 2.32. The van der Waals surface area contributed by atoms with Crippen molar-refractivity contribution in [2.75, 3.05) is 0 Å². The summed E-state index contributed by atoms with van der Waals surface area (Å²) in [4.78, 5) is 0. The second kappa shape index (κ2) is 17.7. The van der Waals surface area contributed by atoms with Gasteiger partial charge in [-0.25, -0.2) is 4.39 Å². The van der Waals surface area contributed by atoms with Crippen LogP contribution < -0.4 is 0 Å². The summed E-state index contributed by atoms with van der Waals surface area (Å²) in [5, 5.41) is -2.45. The van der Waals surface area contributed by atoms with Crippen molar-refractivity contribution in [1.82, 2.24) is 0 Å². The summed E-state index contributed by atoms with van der Waals surface area (Å²) in [6, 6.07) is 0. The van der Waals surface area contributed by atoms with Gasteiger partial charge in [-0.1, -0.05) is 117 Å². The topological polar surface area (TPSA) is 54.4 Å². The summed E-state index contributed by atoms with van der Waals surface area (Å²) in [7, 11) is -4.64. The first kappa shape index (κ1) is 27.8. The van der Waals surface area contributed by atoms with E-state index in [1.54, 1.807) is 0 Å². The lowest BCUT2D eigenvalue weighted by molar-refractivity contribution is 0.203. The van der Waals surface area contributed by atoms with Crippen LogP contribution in [0.1, 0.15) is 142 Å². The highest BCUT2D eigenvalue weighted by Gasteiger charge is 2.42. The average Bonchev–Trinajstić information content (AvgIpc) is 2.64. The number of unbranched alkanes of at least 4 members (excludes halogenated alkanes) is 16. The zero-order valence-electron chi connectivity index (χ0n) is 18.7. The molecule has 0 amide bonds. The molecule has 28 heavy (non-hydrogen) atoms. The highest BCUT2D eigenvalue weighted by atomic mass is 32.2. The molecule has 0 saturated heterocycles. The van der Waals surface area contributed by atoms with Crippen molar-refractivity contribution in [1.29, 1.82) is 0 Å². The molecule has 0 bridgehead atoms. The zero-order chi connectivity index (χ0) is 21.1. The Morgan fingerprint density at radius 1 is 0.571 bits per heavy atom. The van der Waals surface area contributed by atoms with Crippen LogP contribution in [-0.2, 0) is 10.1 Å². The van der Waals surface area contributed by atoms with Crippen LogP contribution in [-0.4, -0.2) is 18.0 Å². The maximum Gasteiger partial charge on any atom is 0.300 e. The Balaban J connectivity index is 3.81. The number of hydrogen-bond donors (Lipinski definition) is 1. The van der Waals surface area contributed by atoms with Gasteiger partial charge in [-0.15, -0.1) is 0 Å². The first-order valence-electron chi connectivity index (χ1n) is 12.0. The molecule has 0 radical (unpaired) electrons. The van der Waals surface area contributed by atoms with Crippen LogP contribution >= 0.6 is 0 Å². The van der Waals surface area contributed by atoms with Crippen LogP contribution in [0, 0.1) is 0 Å². The van der Waals surface area contributed by atoms with Gasteiger partial charge >= 0.3 is 0 Å². The Kier molecular flexibility index (Phi) is 17.6. The quantitative estimate of drug-likeness (QED) is 0.149. The number of alkyl halides is 1. The molecule has 1 unspecified atom stereocenters. The Morgan fingerprint density at radius 2 is 0.821 bits per heavy atom. The van der Waals surface area contributed by atoms with E-state index in [0.29, 0.717) is 12.8 Å². The van der Waals surface area contributed by atoms with Gasteiger partial charge in [-0.3, -0.25) is 4.55 Å². The largest absolute Gasteiger partial charge is 0.300 e. The molecule has 0 aromatic carbocycles. The Labute approximate surface area is 175 Å². The molecule has 0 aliphatic heterocycles. The van der Waals surface area contributed by atoms with E-state index < -0.39 is 15.1 Å². The molecule has 1 N–H and O–H groups in total. The van der Waals surface area contributed by atoms with Gasteiger partial charge in [0, 0.05) is 0 Å². The standard InChI is InChI=1S/C23H47FO3S/c1-3-5-7-9-11-12-13-14-15-16-18-20-22-23(24,28(25,26)27)21-19-17-10-8-6-4-2/h3-22H2,1-2H3,(H,25,26,27). The number of rotatable bonds is 21. The third-order valence-corrected chi connectivity index (χ3v) is 7.10. The molecule has 0 saturated carbocycles. The minimum Gasteiger partial charge on any atom is -0.283 e. The first-order chi connectivity index (χ1) is 13.4. The molecule has 1 atom stereocenters. The summed E-state index contributed by atoms with van der Waals surface area (Å²) in [6.07, 6.45) is 19.6. The van der Waals surface area contributed by atoms with E-state index in [9.17, 15) is 17.4 Å². The van der Waals surface area contributed by atoms with Crippen molar-refractivity contribution < 1.29 is 17.4 Å². The van der Waals surface area contributed by atoms with Crippen molar-refractivity contribution >= 4 is 10.1 Å². The van der Waals surface area contributed by atoms with Crippen LogP contribution in [0.2, 0.25) is 0 Å². The number of hydrogen-bond acceptors (Lipinski definition) is 2. The van der Waals surface area contributed by atoms with Crippen molar-refractivity contribution in [3.8, 4) is 0 Å². The fourth-order valence-corrected chi connectivity index (χ4v) is 4.59. The van der Waals surface area contributed by atoms with E-state index in [-0.39, 0.29) is 12.8 Å². The molecule has 0 aliphatic carbocycles. The van der Waals surface area contributed by atoms with Gasteiger partial charge in [0.15, 0.2) is 0 Å². The molecule has 170 valence electrons. The lowest BCUT2D eigenvalue weighted by Gasteiger charge is -2.22. The monoisotopic (exact) mass is 422 g/mol. The Morgan fingerprint density at radius 3 is 1.07 bits per heavy atom. The summed E-state index contributed by atoms with van der Waals surface area (Å²) >= 11 is 0. The van der Waals surface area contributed by atoms with Gasteiger partial charge in [0.05, 0.1) is 0 Å². The van der Waals surface area contributed by atoms with E-state index in [1.165, 1.54) is 51.4 Å². The fourth-order valence-electron chi connectivity index (χ4n) is 3.78. The van der Waals surface area contributed by atoms with Gasteiger partial charge < -0.3 is 0 Å². The van der Waals surface area contributed by atoms with Gasteiger partial charge in [-0.2, -0.15) is 8.42 Å². The number of halogens is 1. The van der Waals surface area contributed by atoms with Crippen molar-refractivity contribution in [3.05, 3.63) is 0 Å². The van der Waals surface area contributed by atoms with Crippen molar-refractivity contribution in [2.45, 2.75) is 147 Å². The minimum absolute atomic E-state index is 0.0712. The molecule has 3 nitrogen and oxygen atoms in total. The van der Waals surface area contributed by atoms with Gasteiger partial charge in [-0.05, 0) is 25.7 Å². The van der Waals surface area contributed by atoms with E-state index in [4.69, 9.17) is 0 Å². The van der Waals surface area contributed by atoms with Crippen LogP contribution in [0.4, 0.5) is 4.39 Å². The molecule has 0 heterocycles. The van der Waals surface area contributed by atoms with Gasteiger partial charge in [0.1, 0.15) is 0 Å². The summed E-state index contributed by atoms with van der Waals surface area (Å²) in [5.41, 5.74) is 0. The molecule has 0 spiro atoms. The van der Waals surface area contributed by atoms with E-state index in [0.717, 1.165) is 51.4 Å². The van der Waals surface area contributed by atoms with Crippen LogP contribution in [0.5, 0.6) is 0 Å². The van der Waals surface area contributed by atoms with E-state index >= 15 is 0 Å². The van der Waals surface area contributed by atoms with Gasteiger partial charge in [0.25, 0.3) is 10.1 Å². The predicted molar refractivity (Wildman–Crippen MR) is 119 cm³/mol. The zero-order valence-corrected chi connectivity index (χ0v) is 19.5. The SMILES string of the molecule is CCCCCCCCCCCCCCC(F)(CCCCCCCC)S(=O)(=O)O. The first-order valence-corrected chi connectivity index (χ1v) is 13.5. The van der Waals surface area contributed by atoms with Crippen LogP contribution in [0.3, 0.4) is 0 Å². The molecular formula is C23H47FO3S. The lowest BCUT2D eigenvalue weighted by Crippen LogP contribution is -2.33. The van der Waals surface area contributed by atoms with Crippen molar-refractivity contribution in [3.63, 3.8) is 0 Å². The molecule has 0 rings (SSSR count). The third-order valence-electron chi connectivity index (χ3n) is 5.77. The van der Waals surface area contributed by atoms with Crippen LogP contribution in [0.25, 0.3) is 0 Å². The second-order valence-corrected chi connectivity index (χ2v) is 10.2. The maximum absolute atomic E-state index is 14.8. The fraction of sp³-hybridized carbons (Fsp3) is 1.00. The third kappa shape index (κ3) is 14.8. The average molecular weight is 423 g/mol. The second-order valence-electron chi connectivity index (χ2n) is 8.52. The normalized spacial score (nSPS) is 14.3. The van der Waals surface area contributed by atoms with Crippen LogP contribution in [0.15, 0.2) is 0 Å². The maximum atomic E-state index is 14.8. The highest BCUT2D eigenvalue weighted by molar-refractivity contribution is 7.87. The Bertz CT molecular complexity index is 439. The Hall–Kier alpha value is -0.160. The smallest absolute Gasteiger partial charge is 0.283 e. The molecule has 0 aliphatic rings. The molecule has 0 aromatic heterocycles. The minimum atomic E-state index is -4.64. The predicted octanol–water partition coefficient (Wildman–Crippen LogP) is 8.38. The summed E-state index contributed by atoms with van der Waals surface area (Å²) in [5.74, 6) is 0. The summed E-state index contributed by atoms with van der Waals surface area (Å²) < 4.78 is 47.3. The van der Waals surface area contributed by atoms with Crippen molar-refractivity contribution in [2.24, 2.45) is 0 Å². The van der Waals surface area contributed by atoms with E-state index in [2.05, 4.69) is 13.8 Å². The molecule has 0 aromatic rings.